The van der Waals surface area contributed by atoms with Crippen LogP contribution in [0, 0.1) is 0 Å². The molecule has 0 radical (unpaired) electrons. The maximum atomic E-state index is 11.0. The van der Waals surface area contributed by atoms with E-state index in [-0.39, 0.29) is 0 Å². The predicted molar refractivity (Wildman–Crippen MR) is 62.4 cm³/mol. The maximum Gasteiger partial charge on any atom is 0.703 e. The Morgan fingerprint density at radius 3 is 1.31 bits per heavy atom. The van der Waals surface area contributed by atoms with E-state index in [1.165, 1.54) is 0 Å². The van der Waals surface area contributed by atoms with E-state index < -0.39 is 28.4 Å². The lowest BCUT2D eigenvalue weighted by Gasteiger charge is -2.14. The van der Waals surface area contributed by atoms with Crippen molar-refractivity contribution < 1.29 is 23.8 Å². The molecule has 0 heterocycles. The minimum atomic E-state index is -3.04. The van der Waals surface area contributed by atoms with Crippen LogP contribution in [-0.4, -0.2) is 30.4 Å². The van der Waals surface area contributed by atoms with Gasteiger partial charge in [-0.15, -0.1) is 0 Å². The Hall–Kier alpha value is 1.68. The van der Waals surface area contributed by atoms with E-state index in [0.29, 0.717) is 0 Å². The van der Waals surface area contributed by atoms with Gasteiger partial charge in [0.25, 0.3) is 12.6 Å². The summed E-state index contributed by atoms with van der Waals surface area (Å²) in [5.41, 5.74) is 0. The van der Waals surface area contributed by atoms with Gasteiger partial charge in [0.15, 0.2) is 0 Å². The van der Waals surface area contributed by atoms with Crippen molar-refractivity contribution in [1.29, 1.82) is 0 Å². The summed E-state index contributed by atoms with van der Waals surface area (Å²) in [5, 5.41) is 18.0. The summed E-state index contributed by atoms with van der Waals surface area (Å²) >= 11 is 31.1. The molecule has 0 aliphatic rings. The van der Waals surface area contributed by atoms with Crippen LogP contribution in [-0.2, 0) is 13.6 Å². The minimum absolute atomic E-state index is 2.04. The van der Waals surface area contributed by atoms with E-state index >= 15 is 0 Å². The molecule has 2 unspecified atom stereocenters. The van der Waals surface area contributed by atoms with E-state index in [4.69, 9.17) is 79.8 Å². The van der Waals surface area contributed by atoms with Crippen LogP contribution in [0.4, 0.5) is 0 Å². The molecule has 0 saturated heterocycles. The lowest BCUT2D eigenvalue weighted by Crippen LogP contribution is -2.29. The van der Waals surface area contributed by atoms with Crippen molar-refractivity contribution in [1.82, 2.24) is 0 Å². The van der Waals surface area contributed by atoms with Gasteiger partial charge in [0.1, 0.15) is 0 Å². The average molecular weight is 376 g/mol. The molecule has 0 aliphatic carbocycles. The summed E-state index contributed by atoms with van der Waals surface area (Å²) in [5.74, 6) is 0. The molecular weight excluding hydrogens is 372 g/mol. The third-order valence-corrected chi connectivity index (χ3v) is 2.80. The van der Waals surface area contributed by atoms with Crippen molar-refractivity contribution in [3.8, 4) is 0 Å². The smallest absolute Gasteiger partial charge is 0.361 e. The quantitative estimate of drug-likeness (QED) is 0.449. The Labute approximate surface area is 121 Å². The van der Waals surface area contributed by atoms with E-state index in [1.54, 1.807) is 0 Å². The zero-order chi connectivity index (χ0) is 13.1. The van der Waals surface area contributed by atoms with Crippen molar-refractivity contribution in [3.63, 3.8) is 0 Å². The Kier molecular flexibility index (Phi) is 7.44. The highest BCUT2D eigenvalue weighted by Gasteiger charge is 2.45. The number of hydrogen-bond acceptors (Lipinski definition) is 5. The fourth-order valence-corrected chi connectivity index (χ4v) is 1.64. The molecule has 0 rings (SSSR count). The summed E-state index contributed by atoms with van der Waals surface area (Å²) < 4.78 is 14.9. The first-order valence-corrected chi connectivity index (χ1v) is 6.61. The van der Waals surface area contributed by atoms with Crippen LogP contribution in [0.15, 0.2) is 0 Å². The van der Waals surface area contributed by atoms with Gasteiger partial charge >= 0.3 is 8.25 Å². The molecule has 2 N–H and O–H groups in total. The highest BCUT2D eigenvalue weighted by atomic mass is 35.6. The van der Waals surface area contributed by atoms with Crippen molar-refractivity contribution in [3.05, 3.63) is 0 Å². The van der Waals surface area contributed by atoms with Crippen molar-refractivity contribution in [2.75, 3.05) is 0 Å². The first kappa shape index (κ1) is 17.7. The van der Waals surface area contributed by atoms with Crippen LogP contribution < -0.4 is 0 Å². The first-order valence-electron chi connectivity index (χ1n) is 3.25. The molecule has 0 amide bonds. The molecule has 5 nitrogen and oxygen atoms in total. The summed E-state index contributed by atoms with van der Waals surface area (Å²) in [7, 11) is -3.04. The molecule has 0 saturated carbocycles. The first-order chi connectivity index (χ1) is 6.94. The van der Waals surface area contributed by atoms with Crippen LogP contribution in [0.5, 0.6) is 0 Å². The Balaban J connectivity index is 4.21. The van der Waals surface area contributed by atoms with E-state index in [9.17, 15) is 4.57 Å². The number of rotatable bonds is 4. The fraction of sp³-hybridized carbons (Fsp3) is 1.00. The fourth-order valence-electron chi connectivity index (χ4n) is 0.307. The molecule has 0 aliphatic heterocycles. The van der Waals surface area contributed by atoms with Crippen molar-refractivity contribution in [2.24, 2.45) is 0 Å². The van der Waals surface area contributed by atoms with Gasteiger partial charge in [0.05, 0.1) is 0 Å². The number of halogens is 6. The number of hydrogen-bond donors (Lipinski definition) is 2. The molecule has 0 bridgehead atoms. The number of alkyl halides is 6. The van der Waals surface area contributed by atoms with Gasteiger partial charge in [-0.1, -0.05) is 78.7 Å². The van der Waals surface area contributed by atoms with E-state index in [0.717, 1.165) is 0 Å². The van der Waals surface area contributed by atoms with Crippen molar-refractivity contribution in [2.45, 2.75) is 20.2 Å². The van der Waals surface area contributed by atoms with Crippen LogP contribution in [0.1, 0.15) is 0 Å². The van der Waals surface area contributed by atoms with Crippen LogP contribution >= 0.6 is 77.9 Å². The topological polar surface area (TPSA) is 76.0 Å². The normalized spacial score (nSPS) is 18.1. The molecule has 0 aromatic heterocycles. The van der Waals surface area contributed by atoms with Crippen LogP contribution in [0.3, 0.4) is 0 Å². The average Bonchev–Trinajstić information content (AvgIpc) is 1.99. The predicted octanol–water partition coefficient (Wildman–Crippen LogP) is 3.05. The van der Waals surface area contributed by atoms with Gasteiger partial charge in [-0.2, -0.15) is 0 Å². The molecular formula is C4H4Cl6O5P+. The number of aliphatic hydroxyl groups excluding tert-OH is 2. The molecule has 2 atom stereocenters. The highest BCUT2D eigenvalue weighted by molar-refractivity contribution is 7.33. The van der Waals surface area contributed by atoms with Crippen LogP contribution in [0.25, 0.3) is 0 Å². The molecule has 0 aromatic carbocycles. The van der Waals surface area contributed by atoms with E-state index in [2.05, 4.69) is 9.05 Å². The minimum Gasteiger partial charge on any atom is -0.361 e. The second-order valence-corrected chi connectivity index (χ2v) is 7.83. The SMILES string of the molecule is O=[P+](OC(O)C(Cl)(Cl)Cl)OC(O)C(Cl)(Cl)Cl. The number of aliphatic hydroxyl groups is 2. The summed E-state index contributed by atoms with van der Waals surface area (Å²) in [6.45, 7) is 0. The molecule has 96 valence electrons. The molecule has 16 heavy (non-hydrogen) atoms. The zero-order valence-electron chi connectivity index (χ0n) is 6.99. The lowest BCUT2D eigenvalue weighted by molar-refractivity contribution is -0.0548. The molecule has 12 heteroatoms. The highest BCUT2D eigenvalue weighted by Crippen LogP contribution is 2.41. The van der Waals surface area contributed by atoms with Gasteiger partial charge in [0, 0.05) is 4.57 Å². The molecule has 0 spiro atoms. The van der Waals surface area contributed by atoms with E-state index in [1.807, 2.05) is 0 Å². The largest absolute Gasteiger partial charge is 0.703 e. The lowest BCUT2D eigenvalue weighted by atomic mass is 10.7. The van der Waals surface area contributed by atoms with Gasteiger partial charge in [0.2, 0.25) is 7.59 Å². The Morgan fingerprint density at radius 2 is 1.12 bits per heavy atom. The van der Waals surface area contributed by atoms with Gasteiger partial charge in [-0.05, 0) is 0 Å². The third-order valence-electron chi connectivity index (χ3n) is 0.932. The van der Waals surface area contributed by atoms with Gasteiger partial charge in [-0.25, -0.2) is 0 Å². The second kappa shape index (κ2) is 6.73. The monoisotopic (exact) mass is 373 g/mol. The maximum absolute atomic E-state index is 11.0. The molecule has 0 fully saturated rings. The van der Waals surface area contributed by atoms with Gasteiger partial charge in [-0.3, -0.25) is 0 Å². The van der Waals surface area contributed by atoms with Crippen molar-refractivity contribution >= 4 is 77.9 Å². The van der Waals surface area contributed by atoms with Gasteiger partial charge < -0.3 is 10.2 Å². The molecule has 0 aromatic rings. The van der Waals surface area contributed by atoms with Crippen LogP contribution in [0.2, 0.25) is 0 Å². The Morgan fingerprint density at radius 1 is 0.875 bits per heavy atom. The standard InChI is InChI=1S/C4H4Cl6O5P/c5-3(6,7)1(11)14-16(13)15-2(12)4(8,9)10/h1-2,11-12H/q+1. The third kappa shape index (κ3) is 7.19. The second-order valence-electron chi connectivity index (χ2n) is 2.22. The Bertz CT molecular complexity index is 226. The summed E-state index contributed by atoms with van der Waals surface area (Å²) in [6.07, 6.45) is -4.08. The zero-order valence-corrected chi connectivity index (χ0v) is 12.4. The summed E-state index contributed by atoms with van der Waals surface area (Å²) in [4.78, 5) is 0. The summed E-state index contributed by atoms with van der Waals surface area (Å²) in [6, 6.07) is 0.